The lowest BCUT2D eigenvalue weighted by molar-refractivity contribution is 0.746. The van der Waals surface area contributed by atoms with Crippen molar-refractivity contribution < 1.29 is 0 Å². The molecule has 3 heteroatoms. The molecule has 2 N–H and O–H groups in total. The molecule has 0 bridgehead atoms. The summed E-state index contributed by atoms with van der Waals surface area (Å²) >= 11 is 0. The lowest BCUT2D eigenvalue weighted by Crippen LogP contribution is -2.36. The smallest absolute Gasteiger partial charge is 0.0748 e. The number of hydrogen-bond donors (Lipinski definition) is 1. The van der Waals surface area contributed by atoms with Gasteiger partial charge in [-0.05, 0) is 122 Å². The van der Waals surface area contributed by atoms with E-state index in [2.05, 4.69) is 229 Å². The lowest BCUT2D eigenvalue weighted by atomic mass is 9.63. The van der Waals surface area contributed by atoms with E-state index in [9.17, 15) is 0 Å². The zero-order chi connectivity index (χ0) is 41.0. The second-order valence-corrected chi connectivity index (χ2v) is 15.6. The van der Waals surface area contributed by atoms with Gasteiger partial charge in [0, 0.05) is 18.4 Å². The van der Waals surface area contributed by atoms with Crippen molar-refractivity contribution in [3.8, 4) is 22.3 Å². The highest BCUT2D eigenvalue weighted by Crippen LogP contribution is 2.61. The summed E-state index contributed by atoms with van der Waals surface area (Å²) in [5.41, 5.74) is 24.3. The molecule has 0 fully saturated rings. The fourth-order valence-corrected chi connectivity index (χ4v) is 9.19. The van der Waals surface area contributed by atoms with E-state index in [1.54, 1.807) is 0 Å². The average molecular weight is 784 g/mol. The quantitative estimate of drug-likeness (QED) is 0.140. The van der Waals surface area contributed by atoms with Gasteiger partial charge >= 0.3 is 0 Å². The van der Waals surface area contributed by atoms with Gasteiger partial charge in [0.2, 0.25) is 0 Å². The van der Waals surface area contributed by atoms with Crippen molar-refractivity contribution in [2.45, 2.75) is 11.8 Å². The number of hydrogen-bond acceptors (Lipinski definition) is 3. The third-order valence-electron chi connectivity index (χ3n) is 12.0. The molecule has 10 rings (SSSR count). The molecule has 0 saturated carbocycles. The highest BCUT2D eigenvalue weighted by molar-refractivity contribution is 5.94. The SMILES string of the molecule is NC/C=C\C1=Cc2ccc(-c3cccc(-c4cccc(C=N/C(=C\Cc5ccccc5)c5ccccc5)c4)c3)cc2C12c1ccccc1N(c1ccccc1)c1ccccc12. The number of aliphatic imine (C=N–C) groups is 1. The van der Waals surface area contributed by atoms with E-state index in [0.29, 0.717) is 6.54 Å². The summed E-state index contributed by atoms with van der Waals surface area (Å²) in [4.78, 5) is 7.46. The average Bonchev–Trinajstić information content (AvgIpc) is 3.65. The molecule has 1 heterocycles. The first-order chi connectivity index (χ1) is 30.2. The molecular formula is C58H45N3. The first-order valence-corrected chi connectivity index (χ1v) is 21.0. The van der Waals surface area contributed by atoms with E-state index in [1.165, 1.54) is 55.9 Å². The van der Waals surface area contributed by atoms with E-state index in [4.69, 9.17) is 10.7 Å². The van der Waals surface area contributed by atoms with Gasteiger partial charge in [0.05, 0.1) is 22.5 Å². The van der Waals surface area contributed by atoms with Crippen LogP contribution in [0.15, 0.2) is 235 Å². The van der Waals surface area contributed by atoms with E-state index < -0.39 is 5.41 Å². The Hall–Kier alpha value is -7.59. The van der Waals surface area contributed by atoms with Crippen LogP contribution in [0.3, 0.4) is 0 Å². The number of anilines is 3. The Morgan fingerprint density at radius 2 is 1.13 bits per heavy atom. The predicted molar refractivity (Wildman–Crippen MR) is 257 cm³/mol. The van der Waals surface area contributed by atoms with Gasteiger partial charge < -0.3 is 10.6 Å². The summed E-state index contributed by atoms with van der Waals surface area (Å²) in [6.45, 7) is 0.466. The van der Waals surface area contributed by atoms with Gasteiger partial charge in [-0.3, -0.25) is 4.99 Å². The molecule has 292 valence electrons. The van der Waals surface area contributed by atoms with Gasteiger partial charge in [-0.25, -0.2) is 0 Å². The van der Waals surface area contributed by atoms with Gasteiger partial charge in [-0.15, -0.1) is 0 Å². The van der Waals surface area contributed by atoms with Crippen LogP contribution in [-0.2, 0) is 11.8 Å². The highest BCUT2D eigenvalue weighted by atomic mass is 15.2. The Bertz CT molecular complexity index is 2930. The third-order valence-corrected chi connectivity index (χ3v) is 12.0. The second-order valence-electron chi connectivity index (χ2n) is 15.6. The maximum absolute atomic E-state index is 6.14. The minimum absolute atomic E-state index is 0.466. The molecule has 2 aliphatic rings. The zero-order valence-electron chi connectivity index (χ0n) is 33.9. The summed E-state index contributed by atoms with van der Waals surface area (Å²) in [5, 5.41) is 0. The molecule has 1 spiro atoms. The Morgan fingerprint density at radius 3 is 1.82 bits per heavy atom. The standard InChI is InChI=1S/C58H45N3/c59-36-16-25-50-39-49-34-33-48(40-54(49)58(50)52-28-10-12-30-56(52)61(51-26-8-3-9-27-51)57-31-13-11-29-53(57)58)47-24-15-23-46(38-47)45-22-14-19-43(37-45)41-60-55(44-20-6-2-7-21-44)35-32-42-17-4-1-5-18-42/h1-31,33-35,37-41H,32,36,59H2/b25-16-,55-35-,60-41?. The molecular weight excluding hydrogens is 739 g/mol. The van der Waals surface area contributed by atoms with Crippen LogP contribution in [0.5, 0.6) is 0 Å². The monoisotopic (exact) mass is 783 g/mol. The normalized spacial score (nSPS) is 14.0. The number of fused-ring (bicyclic) bond motifs is 6. The van der Waals surface area contributed by atoms with Crippen molar-refractivity contribution in [1.82, 2.24) is 0 Å². The van der Waals surface area contributed by atoms with Crippen molar-refractivity contribution in [3.05, 3.63) is 269 Å². The van der Waals surface area contributed by atoms with Crippen LogP contribution in [-0.4, -0.2) is 12.8 Å². The van der Waals surface area contributed by atoms with E-state index in [-0.39, 0.29) is 0 Å². The molecule has 1 aliphatic carbocycles. The van der Waals surface area contributed by atoms with Gasteiger partial charge in [0.25, 0.3) is 0 Å². The Labute approximate surface area is 358 Å². The van der Waals surface area contributed by atoms with Gasteiger partial charge in [0.15, 0.2) is 0 Å². The van der Waals surface area contributed by atoms with Crippen molar-refractivity contribution in [2.75, 3.05) is 11.4 Å². The molecule has 0 saturated heterocycles. The molecule has 61 heavy (non-hydrogen) atoms. The summed E-state index contributed by atoms with van der Waals surface area (Å²) in [6, 6.07) is 74.0. The molecule has 1 aliphatic heterocycles. The Kier molecular flexibility index (Phi) is 10.2. The molecule has 0 aromatic heterocycles. The molecule has 0 amide bonds. The van der Waals surface area contributed by atoms with Crippen LogP contribution in [0.25, 0.3) is 34.0 Å². The molecule has 0 unspecified atom stereocenters. The Morgan fingerprint density at radius 1 is 0.541 bits per heavy atom. The number of benzene rings is 8. The Balaban J connectivity index is 1.03. The number of allylic oxidation sites excluding steroid dienone is 3. The van der Waals surface area contributed by atoms with E-state index in [0.717, 1.165) is 40.1 Å². The fourth-order valence-electron chi connectivity index (χ4n) is 9.19. The van der Waals surface area contributed by atoms with Crippen LogP contribution < -0.4 is 10.6 Å². The van der Waals surface area contributed by atoms with Crippen LogP contribution in [0.2, 0.25) is 0 Å². The van der Waals surface area contributed by atoms with Gasteiger partial charge in [-0.2, -0.15) is 0 Å². The maximum Gasteiger partial charge on any atom is 0.0748 e. The van der Waals surface area contributed by atoms with Crippen LogP contribution in [0, 0.1) is 0 Å². The van der Waals surface area contributed by atoms with Crippen LogP contribution >= 0.6 is 0 Å². The van der Waals surface area contributed by atoms with Crippen molar-refractivity contribution in [3.63, 3.8) is 0 Å². The van der Waals surface area contributed by atoms with E-state index >= 15 is 0 Å². The largest absolute Gasteiger partial charge is 0.327 e. The summed E-state index contributed by atoms with van der Waals surface area (Å²) in [6.07, 6.45) is 11.7. The van der Waals surface area contributed by atoms with Gasteiger partial charge in [-0.1, -0.05) is 182 Å². The molecule has 8 aromatic carbocycles. The minimum Gasteiger partial charge on any atom is -0.327 e. The topological polar surface area (TPSA) is 41.6 Å². The second kappa shape index (κ2) is 16.6. The van der Waals surface area contributed by atoms with Crippen LogP contribution in [0.4, 0.5) is 17.1 Å². The molecule has 3 nitrogen and oxygen atoms in total. The highest BCUT2D eigenvalue weighted by Gasteiger charge is 2.50. The number of para-hydroxylation sites is 3. The van der Waals surface area contributed by atoms with Crippen LogP contribution in [0.1, 0.15) is 38.9 Å². The molecule has 0 radical (unpaired) electrons. The fraction of sp³-hybridized carbons (Fsp3) is 0.0517. The first kappa shape index (κ1) is 37.7. The van der Waals surface area contributed by atoms with Crippen molar-refractivity contribution >= 4 is 35.0 Å². The summed E-state index contributed by atoms with van der Waals surface area (Å²) in [7, 11) is 0. The maximum atomic E-state index is 6.14. The summed E-state index contributed by atoms with van der Waals surface area (Å²) in [5.74, 6) is 0. The lowest BCUT2D eigenvalue weighted by Gasteiger charge is -2.45. The van der Waals surface area contributed by atoms with Crippen molar-refractivity contribution in [2.24, 2.45) is 10.7 Å². The number of nitrogens with two attached hydrogens (primary N) is 1. The van der Waals surface area contributed by atoms with Gasteiger partial charge in [0.1, 0.15) is 0 Å². The molecule has 0 atom stereocenters. The number of rotatable bonds is 10. The zero-order valence-corrected chi connectivity index (χ0v) is 33.9. The minimum atomic E-state index is -0.547. The van der Waals surface area contributed by atoms with E-state index in [1.807, 2.05) is 12.3 Å². The van der Waals surface area contributed by atoms with Crippen molar-refractivity contribution in [1.29, 1.82) is 0 Å². The third kappa shape index (κ3) is 7.05. The summed E-state index contributed by atoms with van der Waals surface area (Å²) < 4.78 is 0. The predicted octanol–water partition coefficient (Wildman–Crippen LogP) is 13.8. The number of nitrogens with zero attached hydrogens (tertiary/aromatic N) is 2. The molecule has 8 aromatic rings. The first-order valence-electron chi connectivity index (χ1n) is 21.0.